The smallest absolute Gasteiger partial charge is 0.272 e. The predicted molar refractivity (Wildman–Crippen MR) is 89.7 cm³/mol. The summed E-state index contributed by atoms with van der Waals surface area (Å²) in [7, 11) is 0. The number of rotatable bonds is 5. The van der Waals surface area contributed by atoms with E-state index in [1.54, 1.807) is 24.0 Å². The molecule has 2 aromatic rings. The predicted octanol–water partition coefficient (Wildman–Crippen LogP) is 4.22. The van der Waals surface area contributed by atoms with Gasteiger partial charge in [0, 0.05) is 35.3 Å². The van der Waals surface area contributed by atoms with E-state index in [9.17, 15) is 14.9 Å². The second-order valence-electron chi connectivity index (χ2n) is 5.17. The number of halogens is 1. The molecule has 0 unspecified atom stereocenters. The lowest BCUT2D eigenvalue weighted by Gasteiger charge is -2.22. The van der Waals surface area contributed by atoms with Crippen LogP contribution in [0.1, 0.15) is 28.4 Å². The van der Waals surface area contributed by atoms with Crippen molar-refractivity contribution in [2.75, 3.05) is 6.54 Å². The normalized spacial score (nSPS) is 10.4. The van der Waals surface area contributed by atoms with Crippen LogP contribution in [0.5, 0.6) is 0 Å². The van der Waals surface area contributed by atoms with Crippen LogP contribution in [0.25, 0.3) is 0 Å². The van der Waals surface area contributed by atoms with Gasteiger partial charge in [-0.05, 0) is 37.6 Å². The summed E-state index contributed by atoms with van der Waals surface area (Å²) in [6, 6.07) is 11.8. The topological polar surface area (TPSA) is 63.5 Å². The van der Waals surface area contributed by atoms with Crippen LogP contribution in [0.3, 0.4) is 0 Å². The molecule has 6 heteroatoms. The third kappa shape index (κ3) is 3.87. The van der Waals surface area contributed by atoms with Gasteiger partial charge in [-0.2, -0.15) is 0 Å². The highest BCUT2D eigenvalue weighted by Gasteiger charge is 2.18. The highest BCUT2D eigenvalue weighted by molar-refractivity contribution is 6.31. The lowest BCUT2D eigenvalue weighted by molar-refractivity contribution is -0.385. The summed E-state index contributed by atoms with van der Waals surface area (Å²) in [5.41, 5.74) is 1.77. The molecule has 0 aromatic heterocycles. The van der Waals surface area contributed by atoms with E-state index in [1.165, 1.54) is 12.1 Å². The Morgan fingerprint density at radius 2 is 1.96 bits per heavy atom. The summed E-state index contributed by atoms with van der Waals surface area (Å²) in [5, 5.41) is 11.5. The van der Waals surface area contributed by atoms with Crippen molar-refractivity contribution < 1.29 is 9.72 Å². The number of hydrogen-bond donors (Lipinski definition) is 0. The Morgan fingerprint density at radius 1 is 1.26 bits per heavy atom. The van der Waals surface area contributed by atoms with Gasteiger partial charge in [-0.25, -0.2) is 0 Å². The number of aryl methyl sites for hydroxylation is 1. The highest BCUT2D eigenvalue weighted by atomic mass is 35.5. The van der Waals surface area contributed by atoms with E-state index >= 15 is 0 Å². The first kappa shape index (κ1) is 17.0. The largest absolute Gasteiger partial charge is 0.335 e. The van der Waals surface area contributed by atoms with E-state index in [-0.39, 0.29) is 11.6 Å². The Hall–Kier alpha value is -2.40. The summed E-state index contributed by atoms with van der Waals surface area (Å²) >= 11 is 6.14. The molecule has 0 aliphatic heterocycles. The van der Waals surface area contributed by atoms with Crippen LogP contribution in [0.4, 0.5) is 5.69 Å². The molecule has 0 N–H and O–H groups in total. The van der Waals surface area contributed by atoms with Crippen LogP contribution in [0, 0.1) is 17.0 Å². The van der Waals surface area contributed by atoms with Gasteiger partial charge in [-0.1, -0.05) is 29.8 Å². The average Bonchev–Trinajstić information content (AvgIpc) is 2.53. The summed E-state index contributed by atoms with van der Waals surface area (Å²) in [6.45, 7) is 4.41. The first-order chi connectivity index (χ1) is 10.9. The minimum atomic E-state index is -0.453. The quantitative estimate of drug-likeness (QED) is 0.608. The molecule has 0 heterocycles. The molecule has 0 fully saturated rings. The van der Waals surface area contributed by atoms with E-state index in [0.717, 1.165) is 5.56 Å². The highest BCUT2D eigenvalue weighted by Crippen LogP contribution is 2.22. The standard InChI is InChI=1S/C17H17ClN2O3/c1-3-19(11-14-6-4-5-7-15(14)18)17(21)13-8-9-16(20(22)23)12(2)10-13/h4-10H,3,11H2,1-2H3. The van der Waals surface area contributed by atoms with Crippen molar-refractivity contribution >= 4 is 23.2 Å². The van der Waals surface area contributed by atoms with Gasteiger partial charge in [0.15, 0.2) is 0 Å². The number of carbonyl (C=O) groups is 1. The Labute approximate surface area is 139 Å². The number of amides is 1. The van der Waals surface area contributed by atoms with Crippen molar-refractivity contribution in [3.63, 3.8) is 0 Å². The van der Waals surface area contributed by atoms with E-state index < -0.39 is 4.92 Å². The monoisotopic (exact) mass is 332 g/mol. The van der Waals surface area contributed by atoms with E-state index in [0.29, 0.717) is 29.2 Å². The molecule has 120 valence electrons. The number of nitro benzene ring substituents is 1. The van der Waals surface area contributed by atoms with Gasteiger partial charge in [0.1, 0.15) is 0 Å². The van der Waals surface area contributed by atoms with E-state index in [1.807, 2.05) is 25.1 Å². The zero-order chi connectivity index (χ0) is 17.0. The van der Waals surface area contributed by atoms with Crippen molar-refractivity contribution in [2.45, 2.75) is 20.4 Å². The molecular weight excluding hydrogens is 316 g/mol. The minimum absolute atomic E-state index is 0.00991. The summed E-state index contributed by atoms with van der Waals surface area (Å²) < 4.78 is 0. The molecular formula is C17H17ClN2O3. The molecule has 0 atom stereocenters. The molecule has 5 nitrogen and oxygen atoms in total. The molecule has 0 radical (unpaired) electrons. The summed E-state index contributed by atoms with van der Waals surface area (Å²) in [6.07, 6.45) is 0. The van der Waals surface area contributed by atoms with Crippen LogP contribution < -0.4 is 0 Å². The second-order valence-corrected chi connectivity index (χ2v) is 5.58. The van der Waals surface area contributed by atoms with Gasteiger partial charge in [0.05, 0.1) is 4.92 Å². The third-order valence-electron chi connectivity index (χ3n) is 3.63. The summed E-state index contributed by atoms with van der Waals surface area (Å²) in [4.78, 5) is 24.7. The molecule has 23 heavy (non-hydrogen) atoms. The van der Waals surface area contributed by atoms with Crippen molar-refractivity contribution in [3.05, 3.63) is 74.3 Å². The summed E-state index contributed by atoms with van der Waals surface area (Å²) in [5.74, 6) is -0.176. The molecule has 0 spiro atoms. The lowest BCUT2D eigenvalue weighted by atomic mass is 10.1. The van der Waals surface area contributed by atoms with Crippen molar-refractivity contribution in [3.8, 4) is 0 Å². The van der Waals surface area contributed by atoms with Crippen LogP contribution in [0.2, 0.25) is 5.02 Å². The SMILES string of the molecule is CCN(Cc1ccccc1Cl)C(=O)c1ccc([N+](=O)[O-])c(C)c1. The van der Waals surface area contributed by atoms with Gasteiger partial charge in [0.2, 0.25) is 0 Å². The van der Waals surface area contributed by atoms with Crippen molar-refractivity contribution in [1.82, 2.24) is 4.90 Å². The van der Waals surface area contributed by atoms with Crippen LogP contribution in [0.15, 0.2) is 42.5 Å². The van der Waals surface area contributed by atoms with Crippen molar-refractivity contribution in [1.29, 1.82) is 0 Å². The second kappa shape index (κ2) is 7.24. The molecule has 1 amide bonds. The molecule has 0 aliphatic rings. The van der Waals surface area contributed by atoms with Gasteiger partial charge in [0.25, 0.3) is 11.6 Å². The molecule has 2 rings (SSSR count). The maximum Gasteiger partial charge on any atom is 0.272 e. The fourth-order valence-corrected chi connectivity index (χ4v) is 2.53. The van der Waals surface area contributed by atoms with Crippen LogP contribution in [-0.2, 0) is 6.54 Å². The first-order valence-corrected chi connectivity index (χ1v) is 7.59. The molecule has 0 aliphatic carbocycles. The zero-order valence-corrected chi connectivity index (χ0v) is 13.7. The van der Waals surface area contributed by atoms with Crippen LogP contribution in [-0.4, -0.2) is 22.3 Å². The van der Waals surface area contributed by atoms with Crippen molar-refractivity contribution in [2.24, 2.45) is 0 Å². The third-order valence-corrected chi connectivity index (χ3v) is 4.00. The van der Waals surface area contributed by atoms with E-state index in [4.69, 9.17) is 11.6 Å². The Morgan fingerprint density at radius 3 is 2.52 bits per heavy atom. The fourth-order valence-electron chi connectivity index (χ4n) is 2.34. The fraction of sp³-hybridized carbons (Fsp3) is 0.235. The number of carbonyl (C=O) groups excluding carboxylic acids is 1. The number of benzene rings is 2. The lowest BCUT2D eigenvalue weighted by Crippen LogP contribution is -2.30. The molecule has 2 aromatic carbocycles. The van der Waals surface area contributed by atoms with Gasteiger partial charge in [-0.3, -0.25) is 14.9 Å². The van der Waals surface area contributed by atoms with Gasteiger partial charge in [-0.15, -0.1) is 0 Å². The Bertz CT molecular complexity index is 746. The molecule has 0 saturated carbocycles. The Balaban J connectivity index is 2.25. The van der Waals surface area contributed by atoms with Gasteiger partial charge >= 0.3 is 0 Å². The maximum atomic E-state index is 12.6. The Kier molecular flexibility index (Phi) is 5.34. The average molecular weight is 333 g/mol. The van der Waals surface area contributed by atoms with E-state index in [2.05, 4.69) is 0 Å². The minimum Gasteiger partial charge on any atom is -0.335 e. The number of hydrogen-bond acceptors (Lipinski definition) is 3. The molecule has 0 bridgehead atoms. The zero-order valence-electron chi connectivity index (χ0n) is 13.0. The maximum absolute atomic E-state index is 12.6. The number of nitrogens with zero attached hydrogens (tertiary/aromatic N) is 2. The van der Waals surface area contributed by atoms with Crippen LogP contribution >= 0.6 is 11.6 Å². The molecule has 0 saturated heterocycles. The first-order valence-electron chi connectivity index (χ1n) is 7.21. The number of nitro groups is 1. The van der Waals surface area contributed by atoms with Gasteiger partial charge < -0.3 is 4.90 Å².